The Hall–Kier alpha value is -3.27. The van der Waals surface area contributed by atoms with E-state index in [4.69, 9.17) is 33.3 Å². The minimum absolute atomic E-state index is 0.0470. The lowest BCUT2D eigenvalue weighted by atomic mass is 9.97. The molecule has 10 heteroatoms. The summed E-state index contributed by atoms with van der Waals surface area (Å²) in [5.74, 6) is 1.58. The summed E-state index contributed by atoms with van der Waals surface area (Å²) in [7, 11) is 0. The molecule has 0 spiro atoms. The van der Waals surface area contributed by atoms with E-state index >= 15 is 0 Å². The van der Waals surface area contributed by atoms with Crippen molar-refractivity contribution in [1.82, 2.24) is 24.2 Å². The molecule has 0 saturated carbocycles. The van der Waals surface area contributed by atoms with Crippen LogP contribution >= 0.6 is 23.8 Å². The number of furan rings is 1. The molecule has 3 aromatic heterocycles. The predicted molar refractivity (Wildman–Crippen MR) is 132 cm³/mol. The molecular weight excluding hydrogens is 472 g/mol. The van der Waals surface area contributed by atoms with Crippen molar-refractivity contribution in [1.29, 1.82) is 0 Å². The monoisotopic (exact) mass is 494 g/mol. The number of likely N-dealkylation sites (tertiary alicyclic amines) is 1. The van der Waals surface area contributed by atoms with E-state index in [1.165, 1.54) is 6.20 Å². The standard InChI is InChI=1S/C24H23ClN6O2S/c25-18-10-11-21(26-14-18)27-23(32)17-6-4-12-29(15-17)16-30-24(34)31(19-7-2-1-3-8-19)22(28-30)20-9-5-13-33-20/h1-3,5,7-11,13-14,17H,4,6,12,15-16H2,(H,26,27,32)/t17-/m1/s1. The number of pyridine rings is 1. The molecular formula is C24H23ClN6O2S. The SMILES string of the molecule is O=C(Nc1ccc(Cl)cn1)[C@@H]1CCCN(Cn2nc(-c3ccco3)n(-c3ccccc3)c2=S)C1. The van der Waals surface area contributed by atoms with Crippen molar-refractivity contribution in [3.05, 3.63) is 76.9 Å². The molecule has 1 aliphatic rings. The fraction of sp³-hybridized carbons (Fsp3) is 0.250. The lowest BCUT2D eigenvalue weighted by Gasteiger charge is -2.31. The van der Waals surface area contributed by atoms with Gasteiger partial charge in [0.15, 0.2) is 5.76 Å². The van der Waals surface area contributed by atoms with E-state index in [1.54, 1.807) is 23.1 Å². The van der Waals surface area contributed by atoms with Gasteiger partial charge in [-0.1, -0.05) is 29.8 Å². The number of rotatable bonds is 6. The van der Waals surface area contributed by atoms with Crippen LogP contribution in [-0.4, -0.2) is 43.2 Å². The topological polar surface area (TPSA) is 81.1 Å². The highest BCUT2D eigenvalue weighted by molar-refractivity contribution is 7.71. The number of halogens is 1. The van der Waals surface area contributed by atoms with Gasteiger partial charge in [-0.2, -0.15) is 0 Å². The van der Waals surface area contributed by atoms with Crippen LogP contribution in [0.2, 0.25) is 5.02 Å². The summed E-state index contributed by atoms with van der Waals surface area (Å²) in [6.45, 7) is 1.95. The number of hydrogen-bond donors (Lipinski definition) is 1. The molecule has 1 N–H and O–H groups in total. The molecule has 0 bridgehead atoms. The maximum absolute atomic E-state index is 12.8. The lowest BCUT2D eigenvalue weighted by molar-refractivity contribution is -0.121. The molecule has 1 saturated heterocycles. The molecule has 0 radical (unpaired) electrons. The minimum atomic E-state index is -0.152. The number of benzene rings is 1. The van der Waals surface area contributed by atoms with Crippen molar-refractivity contribution < 1.29 is 9.21 Å². The van der Waals surface area contributed by atoms with Gasteiger partial charge in [0.1, 0.15) is 5.82 Å². The highest BCUT2D eigenvalue weighted by Crippen LogP contribution is 2.24. The molecule has 34 heavy (non-hydrogen) atoms. The second-order valence-electron chi connectivity index (χ2n) is 8.16. The smallest absolute Gasteiger partial charge is 0.229 e. The number of para-hydroxylation sites is 1. The number of aromatic nitrogens is 4. The molecule has 4 aromatic rings. The Labute approximate surface area is 206 Å². The van der Waals surface area contributed by atoms with Crippen LogP contribution in [0, 0.1) is 10.7 Å². The molecule has 0 aliphatic carbocycles. The van der Waals surface area contributed by atoms with Crippen LogP contribution in [-0.2, 0) is 11.5 Å². The molecule has 174 valence electrons. The van der Waals surface area contributed by atoms with Crippen molar-refractivity contribution in [2.45, 2.75) is 19.5 Å². The van der Waals surface area contributed by atoms with Gasteiger partial charge in [0.25, 0.3) is 0 Å². The van der Waals surface area contributed by atoms with Gasteiger partial charge in [-0.3, -0.25) is 14.3 Å². The fourth-order valence-corrected chi connectivity index (χ4v) is 4.54. The van der Waals surface area contributed by atoms with Gasteiger partial charge in [-0.15, -0.1) is 5.10 Å². The summed E-state index contributed by atoms with van der Waals surface area (Å²) < 4.78 is 9.90. The third kappa shape index (κ3) is 4.82. The number of carbonyl (C=O) groups excluding carboxylic acids is 1. The van der Waals surface area contributed by atoms with E-state index in [0.29, 0.717) is 40.4 Å². The summed E-state index contributed by atoms with van der Waals surface area (Å²) in [6, 6.07) is 17.0. The Balaban J connectivity index is 1.35. The lowest BCUT2D eigenvalue weighted by Crippen LogP contribution is -2.41. The van der Waals surface area contributed by atoms with Gasteiger partial charge in [-0.05, 0) is 68.0 Å². The first-order valence-corrected chi connectivity index (χ1v) is 11.8. The van der Waals surface area contributed by atoms with Crippen LogP contribution < -0.4 is 5.32 Å². The zero-order chi connectivity index (χ0) is 23.5. The highest BCUT2D eigenvalue weighted by Gasteiger charge is 2.27. The van der Waals surface area contributed by atoms with Gasteiger partial charge in [0.2, 0.25) is 16.5 Å². The molecule has 0 unspecified atom stereocenters. The Kier molecular flexibility index (Phi) is 6.57. The number of piperidine rings is 1. The molecule has 1 amide bonds. The zero-order valence-electron chi connectivity index (χ0n) is 18.3. The average molecular weight is 495 g/mol. The molecule has 8 nitrogen and oxygen atoms in total. The maximum Gasteiger partial charge on any atom is 0.229 e. The number of nitrogens with one attached hydrogen (secondary N) is 1. The molecule has 1 fully saturated rings. The number of anilines is 1. The second kappa shape index (κ2) is 9.92. The van der Waals surface area contributed by atoms with Gasteiger partial charge in [0.05, 0.1) is 29.6 Å². The van der Waals surface area contributed by atoms with E-state index in [2.05, 4.69) is 15.2 Å². The van der Waals surface area contributed by atoms with Crippen LogP contribution in [0.4, 0.5) is 5.82 Å². The Morgan fingerprint density at radius 3 is 2.76 bits per heavy atom. The van der Waals surface area contributed by atoms with E-state index in [-0.39, 0.29) is 11.8 Å². The summed E-state index contributed by atoms with van der Waals surface area (Å²) in [4.78, 5) is 19.2. The normalized spacial score (nSPS) is 16.4. The first kappa shape index (κ1) is 22.5. The number of nitrogens with zero attached hydrogens (tertiary/aromatic N) is 5. The van der Waals surface area contributed by atoms with Crippen molar-refractivity contribution in [2.75, 3.05) is 18.4 Å². The first-order valence-electron chi connectivity index (χ1n) is 11.0. The molecule has 4 heterocycles. The Morgan fingerprint density at radius 1 is 1.18 bits per heavy atom. The first-order chi connectivity index (χ1) is 16.6. The van der Waals surface area contributed by atoms with E-state index in [1.807, 2.05) is 47.0 Å². The van der Waals surface area contributed by atoms with E-state index in [9.17, 15) is 4.79 Å². The third-order valence-corrected chi connectivity index (χ3v) is 6.40. The quantitative estimate of drug-likeness (QED) is 0.379. The predicted octanol–water partition coefficient (Wildman–Crippen LogP) is 5.02. The summed E-state index contributed by atoms with van der Waals surface area (Å²) >= 11 is 11.7. The van der Waals surface area contributed by atoms with E-state index in [0.717, 1.165) is 25.1 Å². The van der Waals surface area contributed by atoms with Crippen molar-refractivity contribution in [3.63, 3.8) is 0 Å². The van der Waals surface area contributed by atoms with Gasteiger partial charge in [0, 0.05) is 12.7 Å². The number of carbonyl (C=O) groups is 1. The van der Waals surface area contributed by atoms with Crippen molar-refractivity contribution >= 4 is 35.5 Å². The summed E-state index contributed by atoms with van der Waals surface area (Å²) in [6.07, 6.45) is 4.86. The molecule has 1 aromatic carbocycles. The van der Waals surface area contributed by atoms with Gasteiger partial charge in [-0.25, -0.2) is 9.67 Å². The fourth-order valence-electron chi connectivity index (χ4n) is 4.14. The molecule has 1 atom stereocenters. The minimum Gasteiger partial charge on any atom is -0.461 e. The largest absolute Gasteiger partial charge is 0.461 e. The zero-order valence-corrected chi connectivity index (χ0v) is 19.9. The summed E-state index contributed by atoms with van der Waals surface area (Å²) in [5.41, 5.74) is 0.913. The number of hydrogen-bond acceptors (Lipinski definition) is 6. The van der Waals surface area contributed by atoms with Crippen LogP contribution in [0.5, 0.6) is 0 Å². The highest BCUT2D eigenvalue weighted by atomic mass is 35.5. The number of amides is 1. The van der Waals surface area contributed by atoms with E-state index < -0.39 is 0 Å². The van der Waals surface area contributed by atoms with Crippen LogP contribution in [0.15, 0.2) is 71.5 Å². The second-order valence-corrected chi connectivity index (χ2v) is 8.96. The van der Waals surface area contributed by atoms with Gasteiger partial charge >= 0.3 is 0 Å². The Bertz CT molecular complexity index is 1320. The maximum atomic E-state index is 12.8. The van der Waals surface area contributed by atoms with Crippen LogP contribution in [0.3, 0.4) is 0 Å². The van der Waals surface area contributed by atoms with Crippen molar-refractivity contribution in [3.8, 4) is 17.3 Å². The summed E-state index contributed by atoms with van der Waals surface area (Å²) in [5, 5.41) is 8.21. The van der Waals surface area contributed by atoms with Crippen molar-refractivity contribution in [2.24, 2.45) is 5.92 Å². The van der Waals surface area contributed by atoms with Gasteiger partial charge < -0.3 is 9.73 Å². The molecule has 5 rings (SSSR count). The third-order valence-electron chi connectivity index (χ3n) is 5.78. The van der Waals surface area contributed by atoms with Crippen LogP contribution in [0.25, 0.3) is 17.3 Å². The molecule has 1 aliphatic heterocycles. The average Bonchev–Trinajstić information content (AvgIpc) is 3.50. The van der Waals surface area contributed by atoms with Crippen LogP contribution in [0.1, 0.15) is 12.8 Å². The Morgan fingerprint density at radius 2 is 2.03 bits per heavy atom.